The third kappa shape index (κ3) is 1.98. The molecule has 0 aliphatic carbocycles. The predicted molar refractivity (Wildman–Crippen MR) is 50.9 cm³/mol. The van der Waals surface area contributed by atoms with Crippen molar-refractivity contribution in [2.45, 2.75) is 31.5 Å². The fourth-order valence-electron chi connectivity index (χ4n) is 1.04. The maximum atomic E-state index is 11.3. The molecule has 14 heavy (non-hydrogen) atoms. The van der Waals surface area contributed by atoms with E-state index in [-0.39, 0.29) is 0 Å². The average molecular weight is 240 g/mol. The van der Waals surface area contributed by atoms with E-state index in [2.05, 4.69) is 5.10 Å². The normalized spacial score (nSPS) is 13.1. The van der Waals surface area contributed by atoms with E-state index in [1.54, 1.807) is 20.8 Å². The molecule has 0 aliphatic rings. The third-order valence-electron chi connectivity index (χ3n) is 1.53. The second kappa shape index (κ2) is 3.09. The second-order valence-electron chi connectivity index (χ2n) is 3.76. The van der Waals surface area contributed by atoms with Crippen molar-refractivity contribution in [3.05, 3.63) is 10.5 Å². The highest BCUT2D eigenvalue weighted by atomic mass is 35.7. The van der Waals surface area contributed by atoms with Gasteiger partial charge in [0, 0.05) is 16.2 Å². The molecule has 0 saturated carbocycles. The minimum atomic E-state index is -4.00. The van der Waals surface area contributed by atoms with Crippen LogP contribution in [-0.2, 0) is 14.6 Å². The molecule has 1 aromatic heterocycles. The number of aromatic nitrogens is 3. The van der Waals surface area contributed by atoms with Crippen LogP contribution < -0.4 is 5.69 Å². The molecule has 0 radical (unpaired) electrons. The Kier molecular flexibility index (Phi) is 2.49. The van der Waals surface area contributed by atoms with Gasteiger partial charge in [-0.15, -0.1) is 5.10 Å². The monoisotopic (exact) mass is 239 g/mol. The summed E-state index contributed by atoms with van der Waals surface area (Å²) in [6.07, 6.45) is 0. The average Bonchev–Trinajstić information content (AvgIpc) is 2.27. The lowest BCUT2D eigenvalue weighted by Gasteiger charge is -2.19. The molecule has 1 heterocycles. The van der Waals surface area contributed by atoms with Crippen molar-refractivity contribution in [2.24, 2.45) is 0 Å². The third-order valence-corrected chi connectivity index (χ3v) is 2.65. The van der Waals surface area contributed by atoms with Gasteiger partial charge in [0.2, 0.25) is 0 Å². The number of nitrogens with zero attached hydrogens (tertiary/aromatic N) is 2. The van der Waals surface area contributed by atoms with E-state index in [0.717, 1.165) is 4.57 Å². The van der Waals surface area contributed by atoms with Crippen molar-refractivity contribution in [1.29, 1.82) is 0 Å². The zero-order valence-electron chi connectivity index (χ0n) is 7.91. The summed E-state index contributed by atoms with van der Waals surface area (Å²) in [5.41, 5.74) is -1.29. The molecule has 0 atom stereocenters. The van der Waals surface area contributed by atoms with Crippen LogP contribution in [0.4, 0.5) is 0 Å². The Bertz CT molecular complexity index is 493. The van der Waals surface area contributed by atoms with Gasteiger partial charge in [0.15, 0.2) is 0 Å². The van der Waals surface area contributed by atoms with E-state index in [9.17, 15) is 13.2 Å². The number of hydrogen-bond donors (Lipinski definition) is 1. The van der Waals surface area contributed by atoms with Gasteiger partial charge in [-0.25, -0.2) is 18.3 Å². The second-order valence-corrected chi connectivity index (χ2v) is 6.22. The van der Waals surface area contributed by atoms with Gasteiger partial charge in [-0.2, -0.15) is 0 Å². The zero-order chi connectivity index (χ0) is 11.1. The van der Waals surface area contributed by atoms with E-state index in [0.29, 0.717) is 0 Å². The summed E-state index contributed by atoms with van der Waals surface area (Å²) in [5, 5.41) is 4.94. The standard InChI is InChI=1S/C6H10ClN3O3S/c1-6(2,3)10-4(11)8-9-5(10)14(7,12)13/h1-3H3,(H,8,11). The van der Waals surface area contributed by atoms with Gasteiger partial charge < -0.3 is 0 Å². The highest BCUT2D eigenvalue weighted by Gasteiger charge is 2.27. The smallest absolute Gasteiger partial charge is 0.260 e. The Morgan fingerprint density at radius 1 is 1.43 bits per heavy atom. The van der Waals surface area contributed by atoms with Gasteiger partial charge in [-0.3, -0.25) is 4.57 Å². The van der Waals surface area contributed by atoms with E-state index in [1.165, 1.54) is 0 Å². The van der Waals surface area contributed by atoms with Crippen LogP contribution in [0.15, 0.2) is 9.95 Å². The van der Waals surface area contributed by atoms with Crippen molar-refractivity contribution in [3.8, 4) is 0 Å². The Balaban J connectivity index is 3.59. The van der Waals surface area contributed by atoms with Crippen LogP contribution >= 0.6 is 10.7 Å². The number of hydrogen-bond acceptors (Lipinski definition) is 4. The molecule has 0 unspecified atom stereocenters. The largest absolute Gasteiger partial charge is 0.344 e. The van der Waals surface area contributed by atoms with Crippen LogP contribution in [0.5, 0.6) is 0 Å². The molecule has 0 amide bonds. The summed E-state index contributed by atoms with van der Waals surface area (Å²) >= 11 is 0. The first kappa shape index (κ1) is 11.3. The lowest BCUT2D eigenvalue weighted by Crippen LogP contribution is -2.33. The Morgan fingerprint density at radius 2 is 1.93 bits per heavy atom. The van der Waals surface area contributed by atoms with Crippen LogP contribution in [0.1, 0.15) is 20.8 Å². The van der Waals surface area contributed by atoms with Gasteiger partial charge >= 0.3 is 5.69 Å². The quantitative estimate of drug-likeness (QED) is 0.712. The molecule has 0 fully saturated rings. The van der Waals surface area contributed by atoms with Gasteiger partial charge in [0.05, 0.1) is 0 Å². The summed E-state index contributed by atoms with van der Waals surface area (Å²) < 4.78 is 23.1. The first-order chi connectivity index (χ1) is 6.14. The summed E-state index contributed by atoms with van der Waals surface area (Å²) in [6, 6.07) is 0. The summed E-state index contributed by atoms with van der Waals surface area (Å²) in [6.45, 7) is 5.03. The van der Waals surface area contributed by atoms with Crippen molar-refractivity contribution < 1.29 is 8.42 Å². The van der Waals surface area contributed by atoms with Crippen molar-refractivity contribution >= 4 is 19.7 Å². The molecule has 8 heteroatoms. The Labute approximate surface area is 85.3 Å². The molecular weight excluding hydrogens is 230 g/mol. The van der Waals surface area contributed by atoms with Gasteiger partial charge in [-0.1, -0.05) is 0 Å². The number of rotatable bonds is 1. The van der Waals surface area contributed by atoms with Crippen molar-refractivity contribution in [2.75, 3.05) is 0 Å². The number of nitrogens with one attached hydrogen (secondary N) is 1. The van der Waals surface area contributed by atoms with Gasteiger partial charge in [0.25, 0.3) is 14.2 Å². The fraction of sp³-hybridized carbons (Fsp3) is 0.667. The Hall–Kier alpha value is -0.820. The molecule has 80 valence electrons. The maximum Gasteiger partial charge on any atom is 0.344 e. The number of halogens is 1. The molecule has 0 saturated heterocycles. The minimum absolute atomic E-state index is 0.461. The highest BCUT2D eigenvalue weighted by molar-refractivity contribution is 8.13. The van der Waals surface area contributed by atoms with E-state index in [4.69, 9.17) is 10.7 Å². The molecule has 1 N–H and O–H groups in total. The van der Waals surface area contributed by atoms with Crippen LogP contribution in [0.25, 0.3) is 0 Å². The fourth-order valence-corrected chi connectivity index (χ4v) is 2.08. The van der Waals surface area contributed by atoms with Crippen LogP contribution in [0, 0.1) is 0 Å². The number of H-pyrrole nitrogens is 1. The first-order valence-corrected chi connectivity index (χ1v) is 6.07. The van der Waals surface area contributed by atoms with E-state index in [1.807, 2.05) is 5.10 Å². The molecule has 6 nitrogen and oxygen atoms in total. The van der Waals surface area contributed by atoms with Crippen LogP contribution in [0.3, 0.4) is 0 Å². The summed E-state index contributed by atoms with van der Waals surface area (Å²) in [4.78, 5) is 11.3. The van der Waals surface area contributed by atoms with Gasteiger partial charge in [0.1, 0.15) is 0 Å². The lowest BCUT2D eigenvalue weighted by atomic mass is 10.1. The molecular formula is C6H10ClN3O3S. The van der Waals surface area contributed by atoms with Gasteiger partial charge in [-0.05, 0) is 20.8 Å². The minimum Gasteiger partial charge on any atom is -0.260 e. The molecule has 0 bridgehead atoms. The van der Waals surface area contributed by atoms with E-state index < -0.39 is 25.4 Å². The van der Waals surface area contributed by atoms with E-state index >= 15 is 0 Å². The lowest BCUT2D eigenvalue weighted by molar-refractivity contribution is 0.353. The van der Waals surface area contributed by atoms with Crippen molar-refractivity contribution in [3.63, 3.8) is 0 Å². The molecule has 1 aromatic rings. The van der Waals surface area contributed by atoms with Crippen LogP contribution in [-0.4, -0.2) is 23.2 Å². The topological polar surface area (TPSA) is 84.8 Å². The molecule has 1 rings (SSSR count). The summed E-state index contributed by atoms with van der Waals surface area (Å²) in [5.74, 6) is 0. The molecule has 0 spiro atoms. The molecule has 0 aromatic carbocycles. The SMILES string of the molecule is CC(C)(C)n1c(S(=O)(=O)Cl)n[nH]c1=O. The molecule has 0 aliphatic heterocycles. The van der Waals surface area contributed by atoms with Crippen molar-refractivity contribution in [1.82, 2.24) is 14.8 Å². The Morgan fingerprint density at radius 3 is 2.21 bits per heavy atom. The maximum absolute atomic E-state index is 11.3. The zero-order valence-corrected chi connectivity index (χ0v) is 9.48. The van der Waals surface area contributed by atoms with Crippen LogP contribution in [0.2, 0.25) is 0 Å². The number of aromatic amines is 1. The first-order valence-electron chi connectivity index (χ1n) is 3.76. The highest BCUT2D eigenvalue weighted by Crippen LogP contribution is 2.18. The predicted octanol–water partition coefficient (Wildman–Crippen LogP) is 0.254. The summed E-state index contributed by atoms with van der Waals surface area (Å²) in [7, 11) is 1.11.